The Kier molecular flexibility index (Phi) is 3.95. The van der Waals surface area contributed by atoms with Crippen LogP contribution < -0.4 is 5.32 Å². The van der Waals surface area contributed by atoms with Crippen LogP contribution in [0.1, 0.15) is 27.7 Å². The first-order chi connectivity index (χ1) is 12.8. The Morgan fingerprint density at radius 3 is 2.48 bits per heavy atom. The number of imidazole rings is 1. The molecule has 0 saturated carbocycles. The first kappa shape index (κ1) is 17.2. The zero-order valence-electron chi connectivity index (χ0n) is 15.8. The molecule has 0 radical (unpaired) electrons. The van der Waals surface area contributed by atoms with Gasteiger partial charge in [-0.15, -0.1) is 0 Å². The van der Waals surface area contributed by atoms with E-state index in [1.807, 2.05) is 31.2 Å². The minimum Gasteiger partial charge on any atom is -0.333 e. The molecule has 0 bridgehead atoms. The number of hydrogen-bond donors (Lipinski definition) is 2. The number of fused-ring (bicyclic) bond motifs is 2. The van der Waals surface area contributed by atoms with Gasteiger partial charge in [-0.1, -0.05) is 20.8 Å². The summed E-state index contributed by atoms with van der Waals surface area (Å²) in [4.78, 5) is 25.6. The van der Waals surface area contributed by atoms with Gasteiger partial charge in [0.05, 0.1) is 22.2 Å². The molecule has 138 valence electrons. The Morgan fingerprint density at radius 1 is 1.15 bits per heavy atom. The highest BCUT2D eigenvalue weighted by Crippen LogP contribution is 2.30. The van der Waals surface area contributed by atoms with Crippen LogP contribution in [0.5, 0.6) is 0 Å². The van der Waals surface area contributed by atoms with E-state index in [1.54, 1.807) is 17.1 Å². The van der Waals surface area contributed by atoms with Crippen LogP contribution in [-0.2, 0) is 0 Å². The lowest BCUT2D eigenvalue weighted by Gasteiger charge is -2.28. The smallest absolute Gasteiger partial charge is 0.333 e. The number of amides is 1. The number of aromatic amines is 1. The van der Waals surface area contributed by atoms with Crippen molar-refractivity contribution in [3.63, 3.8) is 0 Å². The van der Waals surface area contributed by atoms with Crippen LogP contribution >= 0.6 is 0 Å². The fraction of sp³-hybridized carbons (Fsp3) is 0.300. The molecule has 0 aliphatic rings. The van der Waals surface area contributed by atoms with E-state index in [2.05, 4.69) is 46.1 Å². The maximum atomic E-state index is 13.0. The lowest BCUT2D eigenvalue weighted by atomic mass is 9.88. The molecule has 27 heavy (non-hydrogen) atoms. The van der Waals surface area contributed by atoms with E-state index < -0.39 is 0 Å². The normalized spacial score (nSPS) is 13.2. The Labute approximate surface area is 156 Å². The minimum atomic E-state index is -0.207. The Morgan fingerprint density at radius 2 is 1.81 bits per heavy atom. The molecule has 0 unspecified atom stereocenters. The number of nitrogens with zero attached hydrogens (tertiary/aromatic N) is 4. The topological polar surface area (TPSA) is 88.5 Å². The number of H-pyrrole nitrogens is 1. The third kappa shape index (κ3) is 3.05. The molecule has 4 rings (SSSR count). The van der Waals surface area contributed by atoms with E-state index in [4.69, 9.17) is 0 Å². The minimum absolute atomic E-state index is 0.00248. The van der Waals surface area contributed by atoms with Crippen LogP contribution in [0, 0.1) is 5.41 Å². The van der Waals surface area contributed by atoms with Gasteiger partial charge in [0.15, 0.2) is 0 Å². The quantitative estimate of drug-likeness (QED) is 0.565. The Hall–Kier alpha value is -3.22. The molecule has 7 nitrogen and oxygen atoms in total. The van der Waals surface area contributed by atoms with E-state index >= 15 is 0 Å². The second-order valence-corrected chi connectivity index (χ2v) is 7.83. The van der Waals surface area contributed by atoms with Crippen molar-refractivity contribution in [3.05, 3.63) is 43.0 Å². The second kappa shape index (κ2) is 6.19. The molecule has 7 heteroatoms. The summed E-state index contributed by atoms with van der Waals surface area (Å²) < 4.78 is 1.54. The number of rotatable bonds is 2. The second-order valence-electron chi connectivity index (χ2n) is 7.83. The van der Waals surface area contributed by atoms with Crippen molar-refractivity contribution in [2.24, 2.45) is 5.41 Å². The van der Waals surface area contributed by atoms with Crippen molar-refractivity contribution in [2.45, 2.75) is 33.7 Å². The van der Waals surface area contributed by atoms with Gasteiger partial charge in [0, 0.05) is 29.4 Å². The molecule has 1 atom stereocenters. The summed E-state index contributed by atoms with van der Waals surface area (Å²) in [5.41, 5.74) is 4.06. The molecule has 0 aliphatic heterocycles. The van der Waals surface area contributed by atoms with Crippen LogP contribution in [0.25, 0.3) is 33.2 Å². The summed E-state index contributed by atoms with van der Waals surface area (Å²) in [6, 6.07) is 7.46. The van der Waals surface area contributed by atoms with Crippen molar-refractivity contribution < 1.29 is 4.79 Å². The summed E-state index contributed by atoms with van der Waals surface area (Å²) in [7, 11) is 0. The first-order valence-electron chi connectivity index (χ1n) is 8.91. The predicted molar refractivity (Wildman–Crippen MR) is 105 cm³/mol. The van der Waals surface area contributed by atoms with E-state index in [0.717, 1.165) is 33.2 Å². The van der Waals surface area contributed by atoms with E-state index in [-0.39, 0.29) is 17.5 Å². The van der Waals surface area contributed by atoms with E-state index in [1.165, 1.54) is 6.33 Å². The van der Waals surface area contributed by atoms with Gasteiger partial charge in [0.2, 0.25) is 0 Å². The van der Waals surface area contributed by atoms with Gasteiger partial charge in [-0.3, -0.25) is 10.1 Å². The molecule has 0 spiro atoms. The van der Waals surface area contributed by atoms with Crippen LogP contribution in [0.2, 0.25) is 0 Å². The molecule has 0 aliphatic carbocycles. The molecule has 0 fully saturated rings. The number of benzene rings is 1. The van der Waals surface area contributed by atoms with Gasteiger partial charge in [0.1, 0.15) is 6.33 Å². The average Bonchev–Trinajstić information content (AvgIpc) is 3.23. The maximum absolute atomic E-state index is 13.0. The lowest BCUT2D eigenvalue weighted by Crippen LogP contribution is -2.43. The van der Waals surface area contributed by atoms with E-state index in [9.17, 15) is 4.79 Å². The van der Waals surface area contributed by atoms with Gasteiger partial charge in [-0.05, 0) is 36.6 Å². The summed E-state index contributed by atoms with van der Waals surface area (Å²) in [5, 5.41) is 7.24. The van der Waals surface area contributed by atoms with Crippen molar-refractivity contribution in [3.8, 4) is 11.3 Å². The molecule has 0 saturated heterocycles. The SMILES string of the molecule is C[C@@H](NC(=O)n1[nH]c(-c2ccncc2)c2cc3ncnc3cc21)C(C)(C)C. The lowest BCUT2D eigenvalue weighted by molar-refractivity contribution is 0.222. The summed E-state index contributed by atoms with van der Waals surface area (Å²) in [6.45, 7) is 8.30. The fourth-order valence-electron chi connectivity index (χ4n) is 2.91. The zero-order valence-corrected chi connectivity index (χ0v) is 15.8. The van der Waals surface area contributed by atoms with Crippen LogP contribution in [-0.4, -0.2) is 36.8 Å². The number of aromatic nitrogens is 5. The van der Waals surface area contributed by atoms with Crippen LogP contribution in [0.4, 0.5) is 4.79 Å². The summed E-state index contributed by atoms with van der Waals surface area (Å²) >= 11 is 0. The van der Waals surface area contributed by atoms with Gasteiger partial charge in [0.25, 0.3) is 0 Å². The number of hydrogen-bond acceptors (Lipinski definition) is 4. The molecule has 4 aromatic rings. The fourth-order valence-corrected chi connectivity index (χ4v) is 2.91. The molecular weight excluding hydrogens is 340 g/mol. The third-order valence-electron chi connectivity index (χ3n) is 5.03. The van der Waals surface area contributed by atoms with Gasteiger partial charge >= 0.3 is 6.03 Å². The third-order valence-corrected chi connectivity index (χ3v) is 5.03. The molecule has 1 aromatic carbocycles. The van der Waals surface area contributed by atoms with Crippen LogP contribution in [0.15, 0.2) is 43.0 Å². The highest BCUT2D eigenvalue weighted by atomic mass is 16.2. The largest absolute Gasteiger partial charge is 0.341 e. The van der Waals surface area contributed by atoms with Crippen LogP contribution in [0.3, 0.4) is 0 Å². The highest BCUT2D eigenvalue weighted by molar-refractivity contribution is 6.04. The summed E-state index contributed by atoms with van der Waals surface area (Å²) in [5.74, 6) is 0. The van der Waals surface area contributed by atoms with Crippen molar-refractivity contribution in [2.75, 3.05) is 0 Å². The molecular formula is C20H22N6O. The number of nitrogens with one attached hydrogen (secondary N) is 2. The average molecular weight is 362 g/mol. The van der Waals surface area contributed by atoms with Crippen molar-refractivity contribution in [1.82, 2.24) is 30.0 Å². The van der Waals surface area contributed by atoms with Gasteiger partial charge in [-0.25, -0.2) is 19.4 Å². The Bertz CT molecular complexity index is 1120. The predicted octanol–water partition coefficient (Wildman–Crippen LogP) is 3.97. The standard InChI is InChI=1S/C20H22N6O/c1-12(20(2,3)4)24-19(27)26-17-10-16-15(22-11-23-16)9-14(17)18(25-26)13-5-7-21-8-6-13/h5-12,25H,1-4H3,(H,24,27)/t12-/m1/s1. The molecule has 3 heterocycles. The van der Waals surface area contributed by atoms with Crippen molar-refractivity contribution >= 4 is 28.0 Å². The van der Waals surface area contributed by atoms with Gasteiger partial charge in [-0.2, -0.15) is 0 Å². The molecule has 3 aromatic heterocycles. The molecule has 1 amide bonds. The number of carbonyl (C=O) groups excluding carboxylic acids is 1. The van der Waals surface area contributed by atoms with Gasteiger partial charge < -0.3 is 5.32 Å². The Balaban J connectivity index is 1.88. The number of carbonyl (C=O) groups is 1. The maximum Gasteiger partial charge on any atom is 0.341 e. The highest BCUT2D eigenvalue weighted by Gasteiger charge is 2.24. The monoisotopic (exact) mass is 362 g/mol. The molecule has 2 N–H and O–H groups in total. The zero-order chi connectivity index (χ0) is 19.2. The van der Waals surface area contributed by atoms with Crippen molar-refractivity contribution in [1.29, 1.82) is 0 Å². The van der Waals surface area contributed by atoms with E-state index in [0.29, 0.717) is 0 Å². The first-order valence-corrected chi connectivity index (χ1v) is 8.91. The summed E-state index contributed by atoms with van der Waals surface area (Å²) in [6.07, 6.45) is 5.00. The number of pyridine rings is 1.